The molecule has 2 aromatic rings. The van der Waals surface area contributed by atoms with Crippen molar-refractivity contribution in [1.29, 1.82) is 0 Å². The van der Waals surface area contributed by atoms with Gasteiger partial charge in [-0.25, -0.2) is 0 Å². The van der Waals surface area contributed by atoms with E-state index < -0.39 is 5.41 Å². The first-order valence-corrected chi connectivity index (χ1v) is 11.4. The zero-order valence-electron chi connectivity index (χ0n) is 19.7. The predicted molar refractivity (Wildman–Crippen MR) is 129 cm³/mol. The maximum absolute atomic E-state index is 13.1. The van der Waals surface area contributed by atoms with Gasteiger partial charge >= 0.3 is 0 Å². The third-order valence-electron chi connectivity index (χ3n) is 5.61. The molecular formula is C26H35N3O3. The van der Waals surface area contributed by atoms with E-state index in [1.54, 1.807) is 6.07 Å². The van der Waals surface area contributed by atoms with E-state index in [1.807, 2.05) is 39.8 Å². The van der Waals surface area contributed by atoms with Gasteiger partial charge in [-0.3, -0.25) is 9.59 Å². The molecule has 172 valence electrons. The normalized spacial score (nSPS) is 13.4. The molecule has 0 fully saturated rings. The molecule has 0 aliphatic carbocycles. The van der Waals surface area contributed by atoms with Crippen LogP contribution in [-0.2, 0) is 22.5 Å². The molecule has 1 heterocycles. The third-order valence-corrected chi connectivity index (χ3v) is 5.61. The summed E-state index contributed by atoms with van der Waals surface area (Å²) in [4.78, 5) is 27.8. The Bertz CT molecular complexity index is 950. The first-order valence-electron chi connectivity index (χ1n) is 11.4. The van der Waals surface area contributed by atoms with Crippen LogP contribution in [0.3, 0.4) is 0 Å². The van der Waals surface area contributed by atoms with Crippen LogP contribution in [0.2, 0.25) is 0 Å². The minimum absolute atomic E-state index is 0.0831. The van der Waals surface area contributed by atoms with Gasteiger partial charge in [0.1, 0.15) is 0 Å². The van der Waals surface area contributed by atoms with Gasteiger partial charge in [-0.2, -0.15) is 0 Å². The molecule has 1 aliphatic rings. The van der Waals surface area contributed by atoms with Crippen LogP contribution in [0.25, 0.3) is 0 Å². The lowest BCUT2D eigenvalue weighted by molar-refractivity contribution is -0.123. The number of nitrogens with one attached hydrogen (secondary N) is 2. The van der Waals surface area contributed by atoms with Crippen molar-refractivity contribution in [3.05, 3.63) is 59.2 Å². The number of carbonyl (C=O) groups excluding carboxylic acids is 2. The van der Waals surface area contributed by atoms with Crippen molar-refractivity contribution in [2.75, 3.05) is 36.5 Å². The lowest BCUT2D eigenvalue weighted by atomic mass is 9.95. The van der Waals surface area contributed by atoms with E-state index in [9.17, 15) is 9.59 Å². The number of nitrogens with zero attached hydrogens (tertiary/aromatic N) is 1. The number of hydrogen-bond acceptors (Lipinski definition) is 4. The topological polar surface area (TPSA) is 70.7 Å². The van der Waals surface area contributed by atoms with Gasteiger partial charge in [0.15, 0.2) is 0 Å². The van der Waals surface area contributed by atoms with E-state index in [0.717, 1.165) is 31.6 Å². The van der Waals surface area contributed by atoms with Gasteiger partial charge in [-0.1, -0.05) is 45.0 Å². The second-order valence-corrected chi connectivity index (χ2v) is 9.18. The van der Waals surface area contributed by atoms with E-state index in [0.29, 0.717) is 31.0 Å². The monoisotopic (exact) mass is 437 g/mol. The molecule has 6 heteroatoms. The average Bonchev–Trinajstić information content (AvgIpc) is 2.77. The molecule has 0 spiro atoms. The van der Waals surface area contributed by atoms with Gasteiger partial charge in [0.05, 0.1) is 5.56 Å². The Morgan fingerprint density at radius 2 is 1.84 bits per heavy atom. The highest BCUT2D eigenvalue weighted by molar-refractivity contribution is 6.02. The standard InChI is InChI=1S/C26H35N3O3/c1-5-32-16-8-14-27-24(30)22-17-21(28-25(31)26(2,3)4)11-12-23(22)29-15-13-19-9-6-7-10-20(19)18-29/h6-7,9-12,17H,5,8,13-16,18H2,1-4H3,(H,27,30)(H,28,31). The molecule has 32 heavy (non-hydrogen) atoms. The zero-order valence-corrected chi connectivity index (χ0v) is 19.7. The molecule has 6 nitrogen and oxygen atoms in total. The van der Waals surface area contributed by atoms with E-state index in [-0.39, 0.29) is 11.8 Å². The van der Waals surface area contributed by atoms with Crippen LogP contribution >= 0.6 is 0 Å². The minimum Gasteiger partial charge on any atom is -0.382 e. The molecule has 3 rings (SSSR count). The van der Waals surface area contributed by atoms with Crippen LogP contribution in [0.15, 0.2) is 42.5 Å². The number of amides is 2. The van der Waals surface area contributed by atoms with Crippen LogP contribution in [0.1, 0.15) is 55.6 Å². The summed E-state index contributed by atoms with van der Waals surface area (Å²) in [5.74, 6) is -0.220. The lowest BCUT2D eigenvalue weighted by Crippen LogP contribution is -2.34. The largest absolute Gasteiger partial charge is 0.382 e. The molecular weight excluding hydrogens is 402 g/mol. The number of rotatable bonds is 8. The van der Waals surface area contributed by atoms with Crippen LogP contribution in [0, 0.1) is 5.41 Å². The minimum atomic E-state index is -0.517. The van der Waals surface area contributed by atoms with Crippen molar-refractivity contribution in [2.24, 2.45) is 5.41 Å². The highest BCUT2D eigenvalue weighted by atomic mass is 16.5. The van der Waals surface area contributed by atoms with Crippen molar-refractivity contribution >= 4 is 23.2 Å². The molecule has 0 aromatic heterocycles. The molecule has 0 saturated heterocycles. The summed E-state index contributed by atoms with van der Waals surface area (Å²) in [6, 6.07) is 14.1. The molecule has 0 bridgehead atoms. The van der Waals surface area contributed by atoms with Crippen molar-refractivity contribution in [3.63, 3.8) is 0 Å². The van der Waals surface area contributed by atoms with E-state index in [1.165, 1.54) is 11.1 Å². The molecule has 2 amide bonds. The Labute approximate surface area is 191 Å². The number of anilines is 2. The van der Waals surface area contributed by atoms with Gasteiger partial charge < -0.3 is 20.3 Å². The molecule has 0 radical (unpaired) electrons. The van der Waals surface area contributed by atoms with Gasteiger partial charge in [-0.15, -0.1) is 0 Å². The quantitative estimate of drug-likeness (QED) is 0.601. The van der Waals surface area contributed by atoms with Gasteiger partial charge in [0, 0.05) is 49.6 Å². The van der Waals surface area contributed by atoms with Crippen LogP contribution in [0.5, 0.6) is 0 Å². The number of benzene rings is 2. The highest BCUT2D eigenvalue weighted by Gasteiger charge is 2.24. The fourth-order valence-corrected chi connectivity index (χ4v) is 3.71. The second-order valence-electron chi connectivity index (χ2n) is 9.18. The number of ether oxygens (including phenoxy) is 1. The first-order chi connectivity index (χ1) is 15.3. The van der Waals surface area contributed by atoms with Crippen molar-refractivity contribution < 1.29 is 14.3 Å². The molecule has 0 unspecified atom stereocenters. The summed E-state index contributed by atoms with van der Waals surface area (Å²) in [6.45, 7) is 11.0. The summed E-state index contributed by atoms with van der Waals surface area (Å²) < 4.78 is 5.36. The Balaban J connectivity index is 1.83. The second kappa shape index (κ2) is 10.6. The van der Waals surface area contributed by atoms with Gasteiger partial charge in [-0.05, 0) is 49.1 Å². The summed E-state index contributed by atoms with van der Waals surface area (Å²) in [6.07, 6.45) is 1.69. The molecule has 0 atom stereocenters. The summed E-state index contributed by atoms with van der Waals surface area (Å²) in [5, 5.41) is 5.96. The smallest absolute Gasteiger partial charge is 0.253 e. The fraction of sp³-hybridized carbons (Fsp3) is 0.462. The van der Waals surface area contributed by atoms with E-state index in [4.69, 9.17) is 4.74 Å². The number of carbonyl (C=O) groups is 2. The van der Waals surface area contributed by atoms with Gasteiger partial charge in [0.2, 0.25) is 5.91 Å². The molecule has 0 saturated carbocycles. The zero-order chi connectivity index (χ0) is 23.1. The number of hydrogen-bond donors (Lipinski definition) is 2. The van der Waals surface area contributed by atoms with Crippen molar-refractivity contribution in [1.82, 2.24) is 5.32 Å². The number of fused-ring (bicyclic) bond motifs is 1. The Hall–Kier alpha value is -2.86. The Kier molecular flexibility index (Phi) is 7.91. The Morgan fingerprint density at radius 3 is 2.56 bits per heavy atom. The summed E-state index contributed by atoms with van der Waals surface area (Å²) >= 11 is 0. The first kappa shape index (κ1) is 23.8. The van der Waals surface area contributed by atoms with E-state index in [2.05, 4.69) is 39.8 Å². The molecule has 2 N–H and O–H groups in total. The van der Waals surface area contributed by atoms with E-state index >= 15 is 0 Å². The lowest BCUT2D eigenvalue weighted by Gasteiger charge is -2.32. The highest BCUT2D eigenvalue weighted by Crippen LogP contribution is 2.30. The maximum atomic E-state index is 13.1. The summed E-state index contributed by atoms with van der Waals surface area (Å²) in [7, 11) is 0. The molecule has 2 aromatic carbocycles. The van der Waals surface area contributed by atoms with Crippen LogP contribution in [0.4, 0.5) is 11.4 Å². The van der Waals surface area contributed by atoms with Crippen molar-refractivity contribution in [2.45, 2.75) is 47.1 Å². The molecule has 1 aliphatic heterocycles. The Morgan fingerprint density at radius 1 is 1.09 bits per heavy atom. The van der Waals surface area contributed by atoms with Crippen molar-refractivity contribution in [3.8, 4) is 0 Å². The van der Waals surface area contributed by atoms with Crippen LogP contribution < -0.4 is 15.5 Å². The summed E-state index contributed by atoms with van der Waals surface area (Å²) in [5.41, 5.74) is 4.22. The maximum Gasteiger partial charge on any atom is 0.253 e. The van der Waals surface area contributed by atoms with Gasteiger partial charge in [0.25, 0.3) is 5.91 Å². The van der Waals surface area contributed by atoms with Crippen LogP contribution in [-0.4, -0.2) is 38.1 Å². The predicted octanol–water partition coefficient (Wildman–Crippen LogP) is 4.39. The SMILES string of the molecule is CCOCCCNC(=O)c1cc(NC(=O)C(C)(C)C)ccc1N1CCc2ccccc2C1. The average molecular weight is 438 g/mol. The fourth-order valence-electron chi connectivity index (χ4n) is 3.71. The third kappa shape index (κ3) is 6.10.